The first-order chi connectivity index (χ1) is 16.5. The van der Waals surface area contributed by atoms with E-state index in [4.69, 9.17) is 42.1 Å². The van der Waals surface area contributed by atoms with Crippen molar-refractivity contribution in [2.24, 2.45) is 0 Å². The van der Waals surface area contributed by atoms with Gasteiger partial charge < -0.3 is 18.9 Å². The highest BCUT2D eigenvalue weighted by atomic mass is 35.5. The molecule has 0 amide bonds. The monoisotopic (exact) mass is 497 g/mol. The van der Waals surface area contributed by atoms with Gasteiger partial charge in [-0.1, -0.05) is 41.4 Å². The number of ketones is 1. The van der Waals surface area contributed by atoms with Gasteiger partial charge >= 0.3 is 0 Å². The molecule has 3 aromatic rings. The number of methoxy groups -OCH3 is 2. The van der Waals surface area contributed by atoms with Gasteiger partial charge in [-0.05, 0) is 42.0 Å². The van der Waals surface area contributed by atoms with Crippen LogP contribution in [0, 0.1) is 0 Å². The molecule has 0 aromatic heterocycles. The van der Waals surface area contributed by atoms with Crippen molar-refractivity contribution in [2.75, 3.05) is 21.0 Å². The van der Waals surface area contributed by atoms with Crippen molar-refractivity contribution in [2.45, 2.75) is 13.1 Å². The molecule has 0 N–H and O–H groups in total. The highest BCUT2D eigenvalue weighted by molar-refractivity contribution is 6.42. The zero-order valence-electron chi connectivity index (χ0n) is 18.6. The van der Waals surface area contributed by atoms with Crippen molar-refractivity contribution in [1.29, 1.82) is 0 Å². The van der Waals surface area contributed by atoms with E-state index in [9.17, 15) is 4.79 Å². The lowest BCUT2D eigenvalue weighted by atomic mass is 10.0. The zero-order valence-corrected chi connectivity index (χ0v) is 20.1. The second-order valence-corrected chi connectivity index (χ2v) is 8.76. The average Bonchev–Trinajstić information content (AvgIpc) is 3.16. The zero-order chi connectivity index (χ0) is 23.8. The number of rotatable bonds is 5. The SMILES string of the molecule is COc1cccc(/C=C2\Oc3c(ccc4c3CN(Cc3ccc(Cl)c(Cl)c3)CO4)C2=O)c1OC. The van der Waals surface area contributed by atoms with Gasteiger partial charge in [0.15, 0.2) is 17.3 Å². The van der Waals surface area contributed by atoms with E-state index in [-0.39, 0.29) is 11.5 Å². The summed E-state index contributed by atoms with van der Waals surface area (Å²) in [4.78, 5) is 15.2. The quantitative estimate of drug-likeness (QED) is 0.404. The molecule has 0 saturated heterocycles. The second-order valence-electron chi connectivity index (χ2n) is 7.95. The van der Waals surface area contributed by atoms with Crippen LogP contribution in [-0.4, -0.2) is 31.6 Å². The summed E-state index contributed by atoms with van der Waals surface area (Å²) in [5.41, 5.74) is 3.03. The number of halogens is 2. The summed E-state index contributed by atoms with van der Waals surface area (Å²) in [5, 5.41) is 1.03. The molecule has 2 aliphatic rings. The molecule has 0 aliphatic carbocycles. The van der Waals surface area contributed by atoms with Crippen LogP contribution in [0.5, 0.6) is 23.0 Å². The highest BCUT2D eigenvalue weighted by Gasteiger charge is 2.34. The fraction of sp³-hybridized carbons (Fsp3) is 0.192. The highest BCUT2D eigenvalue weighted by Crippen LogP contribution is 2.43. The van der Waals surface area contributed by atoms with E-state index >= 15 is 0 Å². The van der Waals surface area contributed by atoms with Gasteiger partial charge in [0.2, 0.25) is 5.78 Å². The molecular formula is C26H21Cl2NO5. The number of para-hydroxylation sites is 1. The molecule has 6 nitrogen and oxygen atoms in total. The summed E-state index contributed by atoms with van der Waals surface area (Å²) in [7, 11) is 3.12. The van der Waals surface area contributed by atoms with Gasteiger partial charge in [0.1, 0.15) is 18.2 Å². The molecule has 0 radical (unpaired) electrons. The predicted octanol–water partition coefficient (Wildman–Crippen LogP) is 5.98. The Balaban J connectivity index is 1.43. The van der Waals surface area contributed by atoms with Crippen LogP contribution in [0.4, 0.5) is 0 Å². The maximum absolute atomic E-state index is 13.1. The van der Waals surface area contributed by atoms with Crippen LogP contribution in [0.3, 0.4) is 0 Å². The van der Waals surface area contributed by atoms with Crippen LogP contribution in [0.2, 0.25) is 10.0 Å². The van der Waals surface area contributed by atoms with E-state index in [1.807, 2.05) is 30.3 Å². The number of ether oxygens (including phenoxy) is 4. The largest absolute Gasteiger partial charge is 0.493 e. The average molecular weight is 498 g/mol. The number of nitrogens with zero attached hydrogens (tertiary/aromatic N) is 1. The number of Topliss-reactive ketones (excluding diaryl/α,β-unsaturated/α-hetero) is 1. The van der Waals surface area contributed by atoms with Crippen molar-refractivity contribution < 1.29 is 23.7 Å². The number of benzene rings is 3. The number of carbonyl (C=O) groups excluding carboxylic acids is 1. The first kappa shape index (κ1) is 22.6. The van der Waals surface area contributed by atoms with E-state index in [1.54, 1.807) is 38.5 Å². The Hall–Kier alpha value is -3.19. The van der Waals surface area contributed by atoms with E-state index < -0.39 is 0 Å². The molecule has 8 heteroatoms. The van der Waals surface area contributed by atoms with Crippen molar-refractivity contribution in [1.82, 2.24) is 4.90 Å². The smallest absolute Gasteiger partial charge is 0.231 e. The number of hydrogen-bond acceptors (Lipinski definition) is 6. The lowest BCUT2D eigenvalue weighted by Crippen LogP contribution is -2.31. The maximum atomic E-state index is 13.1. The molecule has 3 aromatic carbocycles. The second kappa shape index (κ2) is 9.22. The first-order valence-electron chi connectivity index (χ1n) is 10.6. The van der Waals surface area contributed by atoms with E-state index in [0.717, 1.165) is 11.1 Å². The molecule has 0 spiro atoms. The number of fused-ring (bicyclic) bond motifs is 3. The molecule has 34 heavy (non-hydrogen) atoms. The standard InChI is InChI=1S/C26H21Cl2NO5/c1-31-22-5-3-4-16(25(22)32-2)11-23-24(30)17-7-9-21-18(26(17)34-23)13-29(14-33-21)12-15-6-8-19(27)20(28)10-15/h3-11H,12-14H2,1-2H3/b23-11-. The normalized spacial score (nSPS) is 16.0. The van der Waals surface area contributed by atoms with Crippen LogP contribution in [-0.2, 0) is 13.1 Å². The van der Waals surface area contributed by atoms with Gasteiger partial charge in [-0.2, -0.15) is 0 Å². The summed E-state index contributed by atoms with van der Waals surface area (Å²) in [6, 6.07) is 14.6. The van der Waals surface area contributed by atoms with Crippen molar-refractivity contribution >= 4 is 35.1 Å². The Labute approximate surface area is 207 Å². The summed E-state index contributed by atoms with van der Waals surface area (Å²) in [6.45, 7) is 1.57. The van der Waals surface area contributed by atoms with Gasteiger partial charge in [-0.3, -0.25) is 9.69 Å². The minimum absolute atomic E-state index is 0.190. The summed E-state index contributed by atoms with van der Waals surface area (Å²) < 4.78 is 22.9. The molecule has 0 atom stereocenters. The molecule has 0 fully saturated rings. The molecule has 0 bridgehead atoms. The minimum Gasteiger partial charge on any atom is -0.493 e. The molecule has 5 rings (SSSR count). The molecule has 0 saturated carbocycles. The third-order valence-electron chi connectivity index (χ3n) is 5.79. The third-order valence-corrected chi connectivity index (χ3v) is 6.53. The Morgan fingerprint density at radius 2 is 1.91 bits per heavy atom. The fourth-order valence-electron chi connectivity index (χ4n) is 4.17. The van der Waals surface area contributed by atoms with Gasteiger partial charge in [-0.15, -0.1) is 0 Å². The molecule has 174 valence electrons. The third kappa shape index (κ3) is 4.09. The fourth-order valence-corrected chi connectivity index (χ4v) is 4.49. The van der Waals surface area contributed by atoms with E-state index in [1.165, 1.54) is 0 Å². The van der Waals surface area contributed by atoms with Gasteiger partial charge in [0, 0.05) is 18.7 Å². The lowest BCUT2D eigenvalue weighted by molar-refractivity contribution is 0.0873. The van der Waals surface area contributed by atoms with Crippen molar-refractivity contribution in [3.8, 4) is 23.0 Å². The lowest BCUT2D eigenvalue weighted by Gasteiger charge is -2.29. The first-order valence-corrected chi connectivity index (χ1v) is 11.3. The van der Waals surface area contributed by atoms with Crippen LogP contribution >= 0.6 is 23.2 Å². The van der Waals surface area contributed by atoms with Crippen molar-refractivity contribution in [3.63, 3.8) is 0 Å². The summed E-state index contributed by atoms with van der Waals surface area (Å²) >= 11 is 12.2. The van der Waals surface area contributed by atoms with Crippen LogP contribution in [0.25, 0.3) is 6.08 Å². The van der Waals surface area contributed by atoms with E-state index in [0.29, 0.717) is 64.0 Å². The van der Waals surface area contributed by atoms with Gasteiger partial charge in [-0.25, -0.2) is 0 Å². The predicted molar refractivity (Wildman–Crippen MR) is 130 cm³/mol. The van der Waals surface area contributed by atoms with Crippen LogP contribution in [0.1, 0.15) is 27.0 Å². The molecule has 2 heterocycles. The van der Waals surface area contributed by atoms with Crippen LogP contribution in [0.15, 0.2) is 54.3 Å². The Morgan fingerprint density at radius 3 is 2.68 bits per heavy atom. The Morgan fingerprint density at radius 1 is 1.06 bits per heavy atom. The van der Waals surface area contributed by atoms with E-state index in [2.05, 4.69) is 4.90 Å². The number of hydrogen-bond donors (Lipinski definition) is 0. The van der Waals surface area contributed by atoms with Crippen molar-refractivity contribution in [3.05, 3.63) is 86.6 Å². The maximum Gasteiger partial charge on any atom is 0.231 e. The van der Waals surface area contributed by atoms with Crippen LogP contribution < -0.4 is 18.9 Å². The molecular weight excluding hydrogens is 477 g/mol. The topological polar surface area (TPSA) is 57.2 Å². The van der Waals surface area contributed by atoms with Gasteiger partial charge in [0.05, 0.1) is 35.4 Å². The van der Waals surface area contributed by atoms with Gasteiger partial charge in [0.25, 0.3) is 0 Å². The number of carbonyl (C=O) groups is 1. The Bertz CT molecular complexity index is 1320. The molecule has 0 unspecified atom stereocenters. The summed E-state index contributed by atoms with van der Waals surface area (Å²) in [6.07, 6.45) is 1.67. The molecule has 2 aliphatic heterocycles. The minimum atomic E-state index is -0.190. The Kier molecular flexibility index (Phi) is 6.13. The summed E-state index contributed by atoms with van der Waals surface area (Å²) in [5.74, 6) is 2.36. The number of allylic oxidation sites excluding steroid dienone is 1.